The van der Waals surface area contributed by atoms with Crippen molar-refractivity contribution in [3.63, 3.8) is 0 Å². The van der Waals surface area contributed by atoms with Gasteiger partial charge in [0.1, 0.15) is 0 Å². The van der Waals surface area contributed by atoms with E-state index in [0.717, 1.165) is 11.1 Å². The van der Waals surface area contributed by atoms with Crippen LogP contribution in [0.25, 0.3) is 0 Å². The van der Waals surface area contributed by atoms with Gasteiger partial charge in [0.2, 0.25) is 5.95 Å². The number of hydrogen-bond donors (Lipinski definition) is 2. The SMILES string of the molecule is Cc1cc([C@@H](C)Nc2nnnn2C)ccc1C(=O)O. The van der Waals surface area contributed by atoms with E-state index >= 15 is 0 Å². The van der Waals surface area contributed by atoms with Crippen molar-refractivity contribution >= 4 is 11.9 Å². The maximum Gasteiger partial charge on any atom is 0.335 e. The fourth-order valence-corrected chi connectivity index (χ4v) is 1.82. The van der Waals surface area contributed by atoms with Crippen LogP contribution >= 0.6 is 0 Å². The number of nitrogens with zero attached hydrogens (tertiary/aromatic N) is 4. The summed E-state index contributed by atoms with van der Waals surface area (Å²) in [4.78, 5) is 11.0. The molecule has 0 bridgehead atoms. The first-order chi connectivity index (χ1) is 8.99. The van der Waals surface area contributed by atoms with Crippen LogP contribution in [0.1, 0.15) is 34.5 Å². The number of aromatic nitrogens is 4. The number of carboxylic acids is 1. The van der Waals surface area contributed by atoms with Gasteiger partial charge in [0.25, 0.3) is 0 Å². The second kappa shape index (κ2) is 5.05. The summed E-state index contributed by atoms with van der Waals surface area (Å²) in [7, 11) is 1.74. The Morgan fingerprint density at radius 3 is 2.74 bits per heavy atom. The number of tetrazole rings is 1. The number of rotatable bonds is 4. The number of benzene rings is 1. The molecule has 7 heteroatoms. The third-order valence-electron chi connectivity index (χ3n) is 2.95. The lowest BCUT2D eigenvalue weighted by atomic mass is 10.0. The number of carboxylic acid groups (broad SMARTS) is 1. The van der Waals surface area contributed by atoms with Crippen LogP contribution in [0.4, 0.5) is 5.95 Å². The maximum atomic E-state index is 11.0. The van der Waals surface area contributed by atoms with Gasteiger partial charge in [0.15, 0.2) is 0 Å². The van der Waals surface area contributed by atoms with E-state index in [9.17, 15) is 4.79 Å². The fraction of sp³-hybridized carbons (Fsp3) is 0.333. The summed E-state index contributed by atoms with van der Waals surface area (Å²) in [6, 6.07) is 5.23. The molecule has 0 unspecified atom stereocenters. The van der Waals surface area contributed by atoms with Crippen molar-refractivity contribution in [3.8, 4) is 0 Å². The summed E-state index contributed by atoms with van der Waals surface area (Å²) in [5.74, 6) is -0.352. The van der Waals surface area contributed by atoms with Gasteiger partial charge in [-0.05, 0) is 41.5 Å². The molecule has 19 heavy (non-hydrogen) atoms. The van der Waals surface area contributed by atoms with E-state index in [2.05, 4.69) is 20.8 Å². The van der Waals surface area contributed by atoms with Gasteiger partial charge in [-0.25, -0.2) is 9.48 Å². The summed E-state index contributed by atoms with van der Waals surface area (Å²) >= 11 is 0. The molecule has 0 amide bonds. The molecule has 0 fully saturated rings. The maximum absolute atomic E-state index is 11.0. The molecule has 0 spiro atoms. The zero-order valence-electron chi connectivity index (χ0n) is 11.0. The van der Waals surface area contributed by atoms with Gasteiger partial charge in [-0.3, -0.25) is 0 Å². The molecule has 2 N–H and O–H groups in total. The predicted octanol–water partition coefficient (Wildman–Crippen LogP) is 1.39. The smallest absolute Gasteiger partial charge is 0.335 e. The number of carbonyl (C=O) groups is 1. The van der Waals surface area contributed by atoms with Crippen molar-refractivity contribution < 1.29 is 9.90 Å². The van der Waals surface area contributed by atoms with Crippen molar-refractivity contribution in [2.45, 2.75) is 19.9 Å². The van der Waals surface area contributed by atoms with Crippen LogP contribution in [0.2, 0.25) is 0 Å². The topological polar surface area (TPSA) is 92.9 Å². The summed E-state index contributed by atoms with van der Waals surface area (Å²) in [5.41, 5.74) is 2.02. The standard InChI is InChI=1S/C12H15N5O2/c1-7-6-9(4-5-10(7)11(18)19)8(2)13-12-14-15-16-17(12)3/h4-6,8H,1-3H3,(H,18,19)(H,13,14,16)/t8-/m1/s1. The van der Waals surface area contributed by atoms with E-state index in [4.69, 9.17) is 5.11 Å². The van der Waals surface area contributed by atoms with Crippen LogP contribution in [0.15, 0.2) is 18.2 Å². The van der Waals surface area contributed by atoms with E-state index in [-0.39, 0.29) is 6.04 Å². The summed E-state index contributed by atoms with van der Waals surface area (Å²) < 4.78 is 1.54. The highest BCUT2D eigenvalue weighted by atomic mass is 16.4. The molecule has 0 saturated heterocycles. The Balaban J connectivity index is 2.20. The fourth-order valence-electron chi connectivity index (χ4n) is 1.82. The first-order valence-corrected chi connectivity index (χ1v) is 5.81. The van der Waals surface area contributed by atoms with Crippen molar-refractivity contribution in [1.82, 2.24) is 20.2 Å². The van der Waals surface area contributed by atoms with E-state index in [1.807, 2.05) is 13.0 Å². The Bertz CT molecular complexity index is 608. The number of hydrogen-bond acceptors (Lipinski definition) is 5. The van der Waals surface area contributed by atoms with Crippen molar-refractivity contribution in [2.75, 3.05) is 5.32 Å². The molecule has 7 nitrogen and oxygen atoms in total. The molecule has 1 aromatic heterocycles. The van der Waals surface area contributed by atoms with Gasteiger partial charge in [-0.2, -0.15) is 0 Å². The van der Waals surface area contributed by atoms with E-state index in [1.54, 1.807) is 26.1 Å². The highest BCUT2D eigenvalue weighted by molar-refractivity contribution is 5.89. The van der Waals surface area contributed by atoms with Gasteiger partial charge >= 0.3 is 5.97 Å². The highest BCUT2D eigenvalue weighted by Crippen LogP contribution is 2.20. The van der Waals surface area contributed by atoms with E-state index in [1.165, 1.54) is 4.68 Å². The number of anilines is 1. The van der Waals surface area contributed by atoms with Crippen molar-refractivity contribution in [3.05, 3.63) is 34.9 Å². The van der Waals surface area contributed by atoms with Gasteiger partial charge in [-0.15, -0.1) is 0 Å². The largest absolute Gasteiger partial charge is 0.478 e. The van der Waals surface area contributed by atoms with Crippen LogP contribution in [0.3, 0.4) is 0 Å². The minimum absolute atomic E-state index is 0.0220. The second-order valence-electron chi connectivity index (χ2n) is 4.37. The molecular weight excluding hydrogens is 246 g/mol. The second-order valence-corrected chi connectivity index (χ2v) is 4.37. The Morgan fingerprint density at radius 1 is 1.47 bits per heavy atom. The van der Waals surface area contributed by atoms with E-state index in [0.29, 0.717) is 11.5 Å². The zero-order chi connectivity index (χ0) is 14.0. The Hall–Kier alpha value is -2.44. The van der Waals surface area contributed by atoms with Crippen LogP contribution in [-0.4, -0.2) is 31.3 Å². The molecule has 0 aliphatic carbocycles. The van der Waals surface area contributed by atoms with Crippen LogP contribution < -0.4 is 5.32 Å². The summed E-state index contributed by atoms with van der Waals surface area (Å²) in [5, 5.41) is 23.3. The van der Waals surface area contributed by atoms with E-state index < -0.39 is 5.97 Å². The number of aromatic carboxylic acids is 1. The van der Waals surface area contributed by atoms with Crippen molar-refractivity contribution in [2.24, 2.45) is 7.05 Å². The van der Waals surface area contributed by atoms with Gasteiger partial charge < -0.3 is 10.4 Å². The van der Waals surface area contributed by atoms with Gasteiger partial charge in [0.05, 0.1) is 11.6 Å². The average molecular weight is 261 g/mol. The first-order valence-electron chi connectivity index (χ1n) is 5.81. The molecule has 0 aliphatic heterocycles. The lowest BCUT2D eigenvalue weighted by molar-refractivity contribution is 0.0696. The normalized spacial score (nSPS) is 12.2. The van der Waals surface area contributed by atoms with Crippen LogP contribution in [-0.2, 0) is 7.05 Å². The Kier molecular flexibility index (Phi) is 3.46. The Morgan fingerprint density at radius 2 is 2.21 bits per heavy atom. The van der Waals surface area contributed by atoms with Gasteiger partial charge in [-0.1, -0.05) is 17.2 Å². The quantitative estimate of drug-likeness (QED) is 0.864. The minimum Gasteiger partial charge on any atom is -0.478 e. The lowest BCUT2D eigenvalue weighted by Crippen LogP contribution is -2.11. The van der Waals surface area contributed by atoms with Crippen LogP contribution in [0.5, 0.6) is 0 Å². The lowest BCUT2D eigenvalue weighted by Gasteiger charge is -2.15. The monoisotopic (exact) mass is 261 g/mol. The van der Waals surface area contributed by atoms with Gasteiger partial charge in [0, 0.05) is 7.05 Å². The highest BCUT2D eigenvalue weighted by Gasteiger charge is 2.12. The molecule has 0 saturated carbocycles. The third-order valence-corrected chi connectivity index (χ3v) is 2.95. The molecule has 0 radical (unpaired) electrons. The molecule has 1 aromatic carbocycles. The molecule has 100 valence electrons. The first kappa shape index (κ1) is 13.0. The molecule has 0 aliphatic rings. The third kappa shape index (κ3) is 2.70. The summed E-state index contributed by atoms with van der Waals surface area (Å²) in [6.45, 7) is 3.74. The molecule has 2 aromatic rings. The minimum atomic E-state index is -0.915. The zero-order valence-corrected chi connectivity index (χ0v) is 11.0. The molecule has 2 rings (SSSR count). The van der Waals surface area contributed by atoms with Crippen LogP contribution in [0, 0.1) is 6.92 Å². The number of nitrogens with one attached hydrogen (secondary N) is 1. The predicted molar refractivity (Wildman–Crippen MR) is 69.0 cm³/mol. The average Bonchev–Trinajstić information content (AvgIpc) is 2.74. The molecule has 1 atom stereocenters. The Labute approximate surface area is 110 Å². The van der Waals surface area contributed by atoms with Crippen molar-refractivity contribution in [1.29, 1.82) is 0 Å². The number of aryl methyl sites for hydroxylation is 2. The summed E-state index contributed by atoms with van der Waals surface area (Å²) in [6.07, 6.45) is 0. The molecular formula is C12H15N5O2. The molecule has 1 heterocycles.